The maximum absolute atomic E-state index is 3.91. The Kier molecular flexibility index (Phi) is 3.77. The molecule has 0 heterocycles. The minimum absolute atomic E-state index is 0.657. The van der Waals surface area contributed by atoms with Crippen LogP contribution in [0, 0.1) is 35.5 Å². The first kappa shape index (κ1) is 14.5. The molecule has 102 valence electrons. The highest BCUT2D eigenvalue weighted by atomic mass is 79.9. The SMILES string of the molecule is BrC1C(Br)C2C1C1C(Br)C(Br)C1C1C(Br)C(Br)C21. The van der Waals surface area contributed by atoms with Gasteiger partial charge in [0, 0.05) is 29.0 Å². The molecule has 0 amide bonds. The Labute approximate surface area is 158 Å². The monoisotopic (exact) mass is 630 g/mol. The third-order valence-electron chi connectivity index (χ3n) is 5.79. The summed E-state index contributed by atoms with van der Waals surface area (Å²) in [5, 5.41) is 0. The molecule has 0 spiro atoms. The lowest BCUT2D eigenvalue weighted by atomic mass is 9.39. The molecule has 18 heavy (non-hydrogen) atoms. The minimum Gasteiger partial charge on any atom is -0.0875 e. The van der Waals surface area contributed by atoms with Crippen LogP contribution in [0.1, 0.15) is 0 Å². The molecular weight excluding hydrogens is 624 g/mol. The molecule has 4 saturated carbocycles. The van der Waals surface area contributed by atoms with Crippen LogP contribution in [0.25, 0.3) is 0 Å². The fourth-order valence-electron chi connectivity index (χ4n) is 4.92. The summed E-state index contributed by atoms with van der Waals surface area (Å²) in [6, 6.07) is 0. The summed E-state index contributed by atoms with van der Waals surface area (Å²) in [7, 11) is 0. The lowest BCUT2D eigenvalue weighted by Gasteiger charge is -2.74. The maximum Gasteiger partial charge on any atom is 0.0308 e. The predicted octanol–water partition coefficient (Wildman–Crippen LogP) is 5.32. The summed E-state index contributed by atoms with van der Waals surface area (Å²) in [4.78, 5) is 3.94. The zero-order valence-corrected chi connectivity index (χ0v) is 18.7. The number of rotatable bonds is 0. The summed E-state index contributed by atoms with van der Waals surface area (Å²) in [5.74, 6) is 5.08. The maximum atomic E-state index is 3.91. The van der Waals surface area contributed by atoms with Gasteiger partial charge in [-0.15, -0.1) is 0 Å². The molecule has 4 aliphatic carbocycles. The molecule has 0 nitrogen and oxygen atoms in total. The summed E-state index contributed by atoms with van der Waals surface area (Å²) in [6.45, 7) is 0. The van der Waals surface area contributed by atoms with Gasteiger partial charge in [-0.2, -0.15) is 0 Å². The highest BCUT2D eigenvalue weighted by Crippen LogP contribution is 2.73. The minimum atomic E-state index is 0.657. The molecule has 6 unspecified atom stereocenters. The Bertz CT molecular complexity index is 284. The highest BCUT2D eigenvalue weighted by Gasteiger charge is 2.74. The molecule has 0 radical (unpaired) electrons. The summed E-state index contributed by atoms with van der Waals surface area (Å²) >= 11 is 23.5. The van der Waals surface area contributed by atoms with Crippen LogP contribution in [0.4, 0.5) is 0 Å². The summed E-state index contributed by atoms with van der Waals surface area (Å²) < 4.78 is 0. The second-order valence-electron chi connectivity index (χ2n) is 6.13. The van der Waals surface area contributed by atoms with E-state index < -0.39 is 0 Å². The molecule has 0 aliphatic heterocycles. The second-order valence-corrected chi connectivity index (χ2v) is 12.5. The molecule has 0 aromatic rings. The van der Waals surface area contributed by atoms with Gasteiger partial charge in [0.15, 0.2) is 0 Å². The van der Waals surface area contributed by atoms with Crippen LogP contribution < -0.4 is 0 Å². The molecule has 0 aromatic carbocycles. The average Bonchev–Trinajstić information content (AvgIpc) is 2.41. The Morgan fingerprint density at radius 3 is 0.500 bits per heavy atom. The predicted molar refractivity (Wildman–Crippen MR) is 97.2 cm³/mol. The average molecular weight is 636 g/mol. The number of fused-ring (bicyclic) bond motifs is 6. The Hall–Kier alpha value is 2.88. The molecule has 4 fully saturated rings. The van der Waals surface area contributed by atoms with E-state index in [1.54, 1.807) is 0 Å². The summed E-state index contributed by atoms with van der Waals surface area (Å²) in [5.41, 5.74) is 0. The lowest BCUT2D eigenvalue weighted by Crippen LogP contribution is -2.77. The van der Waals surface area contributed by atoms with Crippen LogP contribution in [0.3, 0.4) is 0 Å². The van der Waals surface area contributed by atoms with E-state index in [2.05, 4.69) is 95.6 Å². The van der Waals surface area contributed by atoms with Crippen LogP contribution >= 0.6 is 95.6 Å². The van der Waals surface area contributed by atoms with Crippen molar-refractivity contribution in [2.24, 2.45) is 35.5 Å². The van der Waals surface area contributed by atoms with E-state index in [-0.39, 0.29) is 0 Å². The second kappa shape index (κ2) is 4.69. The van der Waals surface area contributed by atoms with E-state index in [0.717, 1.165) is 35.5 Å². The van der Waals surface area contributed by atoms with Gasteiger partial charge in [-0.3, -0.25) is 0 Å². The van der Waals surface area contributed by atoms with Crippen molar-refractivity contribution in [3.63, 3.8) is 0 Å². The first-order valence-corrected chi connectivity index (χ1v) is 11.8. The normalized spacial score (nSPS) is 73.0. The van der Waals surface area contributed by atoms with E-state index in [9.17, 15) is 0 Å². The number of halogens is 6. The Balaban J connectivity index is 1.70. The van der Waals surface area contributed by atoms with Crippen molar-refractivity contribution in [2.75, 3.05) is 0 Å². The van der Waals surface area contributed by atoms with Crippen molar-refractivity contribution in [1.29, 1.82) is 0 Å². The third kappa shape index (κ3) is 1.53. The Morgan fingerprint density at radius 1 is 0.278 bits per heavy atom. The van der Waals surface area contributed by atoms with Gasteiger partial charge in [0.2, 0.25) is 0 Å². The van der Waals surface area contributed by atoms with Gasteiger partial charge in [0.25, 0.3) is 0 Å². The van der Waals surface area contributed by atoms with E-state index in [0.29, 0.717) is 29.0 Å². The van der Waals surface area contributed by atoms with Gasteiger partial charge in [0.1, 0.15) is 0 Å². The topological polar surface area (TPSA) is 0 Å². The van der Waals surface area contributed by atoms with Crippen molar-refractivity contribution < 1.29 is 0 Å². The largest absolute Gasteiger partial charge is 0.0875 e. The van der Waals surface area contributed by atoms with Crippen molar-refractivity contribution in [2.45, 2.75) is 29.0 Å². The van der Waals surface area contributed by atoms with Crippen molar-refractivity contribution in [3.05, 3.63) is 0 Å². The van der Waals surface area contributed by atoms with Crippen LogP contribution in [0.2, 0.25) is 0 Å². The van der Waals surface area contributed by atoms with Crippen LogP contribution in [-0.2, 0) is 0 Å². The molecular formula is C12H12Br6. The van der Waals surface area contributed by atoms with E-state index in [1.807, 2.05) is 0 Å². The lowest BCUT2D eigenvalue weighted by molar-refractivity contribution is -0.135. The molecule has 6 atom stereocenters. The van der Waals surface area contributed by atoms with E-state index in [4.69, 9.17) is 0 Å². The van der Waals surface area contributed by atoms with Crippen molar-refractivity contribution in [1.82, 2.24) is 0 Å². The molecule has 6 heteroatoms. The molecule has 4 rings (SSSR count). The zero-order chi connectivity index (χ0) is 12.9. The van der Waals surface area contributed by atoms with Crippen LogP contribution in [0.5, 0.6) is 0 Å². The fourth-order valence-corrected chi connectivity index (χ4v) is 11.3. The van der Waals surface area contributed by atoms with Gasteiger partial charge < -0.3 is 0 Å². The van der Waals surface area contributed by atoms with Gasteiger partial charge in [-0.25, -0.2) is 0 Å². The number of hydrogen-bond acceptors (Lipinski definition) is 0. The van der Waals surface area contributed by atoms with Crippen molar-refractivity contribution >= 4 is 95.6 Å². The standard InChI is InChI=1S/C12H12Br6/c13-7-1-2(8(7)14)4-6(12(18)11(4)17)5-3(1)9(15)10(5)16/h1-12H. The number of alkyl halides is 6. The quantitative estimate of drug-likeness (QED) is 0.317. The van der Waals surface area contributed by atoms with Crippen LogP contribution in [0.15, 0.2) is 0 Å². The smallest absolute Gasteiger partial charge is 0.0308 e. The van der Waals surface area contributed by atoms with E-state index in [1.165, 1.54) is 0 Å². The third-order valence-corrected chi connectivity index (χ3v) is 15.0. The molecule has 0 saturated heterocycles. The van der Waals surface area contributed by atoms with E-state index >= 15 is 0 Å². The van der Waals surface area contributed by atoms with Gasteiger partial charge in [-0.05, 0) is 35.5 Å². The van der Waals surface area contributed by atoms with Crippen LogP contribution in [-0.4, -0.2) is 29.0 Å². The fraction of sp³-hybridized carbons (Fsp3) is 1.00. The zero-order valence-electron chi connectivity index (χ0n) is 9.20. The van der Waals surface area contributed by atoms with Gasteiger partial charge in [0.05, 0.1) is 0 Å². The van der Waals surface area contributed by atoms with Gasteiger partial charge in [-0.1, -0.05) is 95.6 Å². The molecule has 0 bridgehead atoms. The first-order valence-electron chi connectivity index (χ1n) is 6.31. The molecule has 4 aliphatic rings. The molecule has 0 aromatic heterocycles. The Morgan fingerprint density at radius 2 is 0.389 bits per heavy atom. The first-order chi connectivity index (χ1) is 8.46. The number of hydrogen-bond donors (Lipinski definition) is 0. The van der Waals surface area contributed by atoms with Gasteiger partial charge >= 0.3 is 0 Å². The van der Waals surface area contributed by atoms with Crippen molar-refractivity contribution in [3.8, 4) is 0 Å². The summed E-state index contributed by atoms with van der Waals surface area (Å²) in [6.07, 6.45) is 0. The highest BCUT2D eigenvalue weighted by molar-refractivity contribution is 9.13. The molecule has 0 N–H and O–H groups in total.